The average molecular weight is 492 g/mol. The first-order valence-corrected chi connectivity index (χ1v) is 11.3. The van der Waals surface area contributed by atoms with Crippen LogP contribution in [-0.2, 0) is 19.1 Å². The van der Waals surface area contributed by atoms with Crippen molar-refractivity contribution in [1.29, 1.82) is 0 Å². The number of nitrogens with zero attached hydrogens (tertiary/aromatic N) is 1. The van der Waals surface area contributed by atoms with Crippen LogP contribution < -0.4 is 4.74 Å². The first-order chi connectivity index (χ1) is 15.1. The molecule has 1 aliphatic rings. The Morgan fingerprint density at radius 2 is 1.81 bits per heavy atom. The Balaban J connectivity index is 0.000000751. The van der Waals surface area contributed by atoms with Crippen molar-refractivity contribution in [1.82, 2.24) is 4.90 Å². The number of unbranched alkanes of at least 4 members (excludes halogenated alkanes) is 2. The van der Waals surface area contributed by atoms with Gasteiger partial charge in [-0.25, -0.2) is 9.59 Å². The molecule has 1 fully saturated rings. The van der Waals surface area contributed by atoms with Crippen molar-refractivity contribution in [3.63, 3.8) is 0 Å². The highest BCUT2D eigenvalue weighted by atomic mass is 35.5. The standard InChI is InChI=1S/C20H29Cl2NO3.C2H2O4/c1-3-4-5-10-23-11-8-16(20(14-23)26-15(2)24)9-12-25-17-6-7-18(21)19(22)13-17;3-1(4)2(5)6/h6-7,13,16,20H,3-5,8-12,14H2,1-2H3;(H,3,4)(H,5,6)/t16-,20+;/m0./s1. The molecule has 2 N–H and O–H groups in total. The van der Waals surface area contributed by atoms with Gasteiger partial charge in [0.1, 0.15) is 11.9 Å². The van der Waals surface area contributed by atoms with E-state index in [1.807, 2.05) is 6.07 Å². The highest BCUT2D eigenvalue weighted by Crippen LogP contribution is 2.28. The number of esters is 1. The molecule has 180 valence electrons. The molecule has 0 bridgehead atoms. The normalized spacial score (nSPS) is 18.2. The summed E-state index contributed by atoms with van der Waals surface area (Å²) in [7, 11) is 0. The molecule has 2 atom stereocenters. The lowest BCUT2D eigenvalue weighted by atomic mass is 9.90. The summed E-state index contributed by atoms with van der Waals surface area (Å²) in [5.41, 5.74) is 0. The molecular weight excluding hydrogens is 461 g/mol. The van der Waals surface area contributed by atoms with Gasteiger partial charge >= 0.3 is 17.9 Å². The molecule has 10 heteroatoms. The second-order valence-electron chi connectivity index (χ2n) is 7.53. The zero-order valence-corrected chi connectivity index (χ0v) is 19.9. The fourth-order valence-electron chi connectivity index (χ4n) is 3.39. The van der Waals surface area contributed by atoms with Crippen molar-refractivity contribution >= 4 is 41.1 Å². The molecule has 1 heterocycles. The summed E-state index contributed by atoms with van der Waals surface area (Å²) in [6.07, 6.45) is 5.48. The van der Waals surface area contributed by atoms with E-state index < -0.39 is 11.9 Å². The fraction of sp³-hybridized carbons (Fsp3) is 0.591. The molecule has 1 aromatic carbocycles. The van der Waals surface area contributed by atoms with E-state index in [0.29, 0.717) is 28.3 Å². The van der Waals surface area contributed by atoms with Gasteiger partial charge in [0.2, 0.25) is 0 Å². The van der Waals surface area contributed by atoms with Crippen molar-refractivity contribution in [2.75, 3.05) is 26.2 Å². The molecule has 0 unspecified atom stereocenters. The molecule has 0 amide bonds. The zero-order valence-electron chi connectivity index (χ0n) is 18.4. The second-order valence-corrected chi connectivity index (χ2v) is 8.34. The van der Waals surface area contributed by atoms with Crippen LogP contribution in [0.3, 0.4) is 0 Å². The number of carbonyl (C=O) groups is 3. The van der Waals surface area contributed by atoms with E-state index in [2.05, 4.69) is 11.8 Å². The molecule has 1 aliphatic heterocycles. The Hall–Kier alpha value is -2.03. The number of carbonyl (C=O) groups excluding carboxylic acids is 1. The van der Waals surface area contributed by atoms with Gasteiger partial charge in [-0.15, -0.1) is 0 Å². The second kappa shape index (κ2) is 14.9. The smallest absolute Gasteiger partial charge is 0.414 e. The summed E-state index contributed by atoms with van der Waals surface area (Å²) in [6.45, 7) is 7.22. The number of carboxylic acid groups (broad SMARTS) is 2. The Bertz CT molecular complexity index is 748. The van der Waals surface area contributed by atoms with E-state index in [0.717, 1.165) is 32.5 Å². The Morgan fingerprint density at radius 1 is 1.12 bits per heavy atom. The van der Waals surface area contributed by atoms with Crippen LogP contribution >= 0.6 is 23.2 Å². The topological polar surface area (TPSA) is 113 Å². The third-order valence-corrected chi connectivity index (χ3v) is 5.75. The summed E-state index contributed by atoms with van der Waals surface area (Å²) >= 11 is 11.9. The minimum Gasteiger partial charge on any atom is -0.494 e. The highest BCUT2D eigenvalue weighted by molar-refractivity contribution is 6.42. The van der Waals surface area contributed by atoms with Crippen LogP contribution in [-0.4, -0.2) is 65.4 Å². The van der Waals surface area contributed by atoms with Gasteiger partial charge < -0.3 is 19.7 Å². The Labute approximate surface area is 198 Å². The molecule has 0 aromatic heterocycles. The number of piperidine rings is 1. The Kier molecular flexibility index (Phi) is 13.1. The number of aliphatic carboxylic acids is 2. The van der Waals surface area contributed by atoms with Gasteiger partial charge in [0.15, 0.2) is 0 Å². The number of benzene rings is 1. The summed E-state index contributed by atoms with van der Waals surface area (Å²) < 4.78 is 11.4. The molecular formula is C22H31Cl2NO7. The van der Waals surface area contributed by atoms with Crippen molar-refractivity contribution in [2.24, 2.45) is 5.92 Å². The maximum absolute atomic E-state index is 11.5. The monoisotopic (exact) mass is 491 g/mol. The van der Waals surface area contributed by atoms with E-state index in [9.17, 15) is 4.79 Å². The molecule has 8 nitrogen and oxygen atoms in total. The number of ether oxygens (including phenoxy) is 2. The van der Waals surface area contributed by atoms with Crippen LogP contribution in [0.25, 0.3) is 0 Å². The number of hydrogen-bond donors (Lipinski definition) is 2. The van der Waals surface area contributed by atoms with E-state index in [1.54, 1.807) is 12.1 Å². The first kappa shape index (κ1) is 28.0. The van der Waals surface area contributed by atoms with Crippen molar-refractivity contribution in [3.05, 3.63) is 28.2 Å². The summed E-state index contributed by atoms with van der Waals surface area (Å²) in [5, 5.41) is 15.8. The minimum absolute atomic E-state index is 0.0553. The first-order valence-electron chi connectivity index (χ1n) is 10.6. The van der Waals surface area contributed by atoms with Crippen LogP contribution in [0.15, 0.2) is 18.2 Å². The summed E-state index contributed by atoms with van der Waals surface area (Å²) in [4.78, 5) is 32.1. The highest BCUT2D eigenvalue weighted by Gasteiger charge is 2.31. The third-order valence-electron chi connectivity index (χ3n) is 5.01. The van der Waals surface area contributed by atoms with E-state index >= 15 is 0 Å². The predicted octanol–water partition coefficient (Wildman–Crippen LogP) is 4.36. The van der Waals surface area contributed by atoms with Gasteiger partial charge in [0.05, 0.1) is 16.7 Å². The molecule has 0 radical (unpaired) electrons. The number of rotatable bonds is 9. The van der Waals surface area contributed by atoms with Crippen molar-refractivity contribution in [3.8, 4) is 5.75 Å². The zero-order chi connectivity index (χ0) is 24.1. The van der Waals surface area contributed by atoms with E-state index in [1.165, 1.54) is 26.2 Å². The number of hydrogen-bond acceptors (Lipinski definition) is 6. The lowest BCUT2D eigenvalue weighted by Crippen LogP contribution is -2.46. The average Bonchev–Trinajstić information content (AvgIpc) is 2.72. The Morgan fingerprint density at radius 3 is 2.38 bits per heavy atom. The van der Waals surface area contributed by atoms with Crippen LogP contribution in [0.2, 0.25) is 10.0 Å². The van der Waals surface area contributed by atoms with Gasteiger partial charge in [-0.1, -0.05) is 43.0 Å². The maximum Gasteiger partial charge on any atom is 0.414 e. The van der Waals surface area contributed by atoms with Crippen LogP contribution in [0.1, 0.15) is 46.0 Å². The molecule has 2 rings (SSSR count). The quantitative estimate of drug-likeness (QED) is 0.297. The van der Waals surface area contributed by atoms with Crippen LogP contribution in [0, 0.1) is 5.92 Å². The number of likely N-dealkylation sites (tertiary alicyclic amines) is 1. The number of halogens is 2. The van der Waals surface area contributed by atoms with Gasteiger partial charge in [0, 0.05) is 25.5 Å². The van der Waals surface area contributed by atoms with E-state index in [4.69, 9.17) is 52.5 Å². The van der Waals surface area contributed by atoms with Gasteiger partial charge in [-0.05, 0) is 44.5 Å². The van der Waals surface area contributed by atoms with Gasteiger partial charge in [0.25, 0.3) is 0 Å². The summed E-state index contributed by atoms with van der Waals surface area (Å²) in [5.74, 6) is -2.82. The molecule has 0 saturated carbocycles. The van der Waals surface area contributed by atoms with Crippen LogP contribution in [0.4, 0.5) is 0 Å². The van der Waals surface area contributed by atoms with Crippen molar-refractivity contribution in [2.45, 2.75) is 52.1 Å². The maximum atomic E-state index is 11.5. The third kappa shape index (κ3) is 11.0. The number of carboxylic acids is 2. The van der Waals surface area contributed by atoms with Crippen LogP contribution in [0.5, 0.6) is 5.75 Å². The molecule has 1 saturated heterocycles. The summed E-state index contributed by atoms with van der Waals surface area (Å²) in [6, 6.07) is 5.27. The minimum atomic E-state index is -1.82. The predicted molar refractivity (Wildman–Crippen MR) is 121 cm³/mol. The van der Waals surface area contributed by atoms with E-state index in [-0.39, 0.29) is 12.1 Å². The van der Waals surface area contributed by atoms with Crippen molar-refractivity contribution < 1.29 is 34.1 Å². The molecule has 0 aliphatic carbocycles. The SMILES string of the molecule is CCCCCN1CC[C@@H](CCOc2ccc(Cl)c(Cl)c2)[C@H](OC(C)=O)C1.O=C(O)C(=O)O. The molecule has 1 aromatic rings. The van der Waals surface area contributed by atoms with Gasteiger partial charge in [-0.3, -0.25) is 9.69 Å². The molecule has 32 heavy (non-hydrogen) atoms. The van der Waals surface area contributed by atoms with Gasteiger partial charge in [-0.2, -0.15) is 0 Å². The fourth-order valence-corrected chi connectivity index (χ4v) is 3.68. The lowest BCUT2D eigenvalue weighted by molar-refractivity contribution is -0.159. The lowest BCUT2D eigenvalue weighted by Gasteiger charge is -2.38. The largest absolute Gasteiger partial charge is 0.494 e. The molecule has 0 spiro atoms.